The van der Waals surface area contributed by atoms with Gasteiger partial charge in [-0.1, -0.05) is 35.9 Å². The number of halogens is 2. The second kappa shape index (κ2) is 5.96. The number of rotatable bonds is 3. The molecule has 0 fully saturated rings. The molecule has 1 aliphatic rings. The van der Waals surface area contributed by atoms with Crippen LogP contribution in [0.15, 0.2) is 34.8 Å². The van der Waals surface area contributed by atoms with E-state index in [1.165, 1.54) is 28.8 Å². The molecule has 0 aliphatic heterocycles. The lowest BCUT2D eigenvalue weighted by Gasteiger charge is -2.25. The van der Waals surface area contributed by atoms with Crippen molar-refractivity contribution < 1.29 is 0 Å². The van der Waals surface area contributed by atoms with Crippen molar-refractivity contribution in [3.05, 3.63) is 55.1 Å². The summed E-state index contributed by atoms with van der Waals surface area (Å²) in [6.07, 6.45) is 3.54. The smallest absolute Gasteiger partial charge is 0.107 e. The number of hydrogen-bond donors (Lipinski definition) is 1. The first-order valence-electron chi connectivity index (χ1n) is 6.46. The van der Waals surface area contributed by atoms with E-state index >= 15 is 0 Å². The Balaban J connectivity index is 1.60. The lowest BCUT2D eigenvalue weighted by molar-refractivity contribution is 0.459. The summed E-state index contributed by atoms with van der Waals surface area (Å²) in [5.74, 6) is 0. The molecule has 19 heavy (non-hydrogen) atoms. The third-order valence-corrected chi connectivity index (χ3v) is 6.08. The Morgan fingerprint density at radius 1 is 1.32 bits per heavy atom. The van der Waals surface area contributed by atoms with Crippen LogP contribution in [0, 0.1) is 0 Å². The predicted octanol–water partition coefficient (Wildman–Crippen LogP) is 4.81. The molecule has 1 atom stereocenters. The Morgan fingerprint density at radius 3 is 2.84 bits per heavy atom. The highest BCUT2D eigenvalue weighted by molar-refractivity contribution is 9.10. The zero-order valence-corrected chi connectivity index (χ0v) is 13.6. The van der Waals surface area contributed by atoms with E-state index in [2.05, 4.69) is 51.6 Å². The van der Waals surface area contributed by atoms with Crippen LogP contribution in [0.4, 0.5) is 0 Å². The fourth-order valence-corrected chi connectivity index (χ4v) is 4.34. The molecule has 3 rings (SSSR count). The number of thiophene rings is 1. The molecule has 2 aromatic rings. The first kappa shape index (κ1) is 13.6. The predicted molar refractivity (Wildman–Crippen MR) is 86.1 cm³/mol. The summed E-state index contributed by atoms with van der Waals surface area (Å²) in [6.45, 7) is 0.906. The van der Waals surface area contributed by atoms with Crippen LogP contribution in [0.5, 0.6) is 0 Å². The first-order chi connectivity index (χ1) is 9.22. The zero-order chi connectivity index (χ0) is 13.2. The van der Waals surface area contributed by atoms with E-state index in [4.69, 9.17) is 11.6 Å². The topological polar surface area (TPSA) is 12.0 Å². The van der Waals surface area contributed by atoms with E-state index in [1.54, 1.807) is 11.3 Å². The molecule has 0 saturated heterocycles. The van der Waals surface area contributed by atoms with Gasteiger partial charge in [-0.2, -0.15) is 0 Å². The second-order valence-corrected chi connectivity index (χ2v) is 7.52. The van der Waals surface area contributed by atoms with Gasteiger partial charge in [0.1, 0.15) is 4.34 Å². The van der Waals surface area contributed by atoms with Gasteiger partial charge in [0.15, 0.2) is 0 Å². The number of nitrogens with one attached hydrogen (secondary N) is 1. The molecule has 1 aliphatic carbocycles. The van der Waals surface area contributed by atoms with Crippen LogP contribution >= 0.6 is 38.9 Å². The fourth-order valence-electron chi connectivity index (χ4n) is 2.60. The molecule has 1 N–H and O–H groups in total. The molecular weight excluding hydrogens is 342 g/mol. The van der Waals surface area contributed by atoms with Crippen molar-refractivity contribution >= 4 is 38.9 Å². The molecular formula is C15H15BrClNS. The molecule has 1 unspecified atom stereocenters. The molecule has 1 aromatic carbocycles. The number of fused-ring (bicyclic) bond motifs is 1. The minimum Gasteiger partial charge on any atom is -0.309 e. The van der Waals surface area contributed by atoms with Crippen molar-refractivity contribution in [2.75, 3.05) is 0 Å². The van der Waals surface area contributed by atoms with Crippen LogP contribution in [0.1, 0.15) is 22.4 Å². The molecule has 0 saturated carbocycles. The minimum absolute atomic E-state index is 0.578. The van der Waals surface area contributed by atoms with Gasteiger partial charge in [0, 0.05) is 21.9 Å². The van der Waals surface area contributed by atoms with Gasteiger partial charge in [0.25, 0.3) is 0 Å². The monoisotopic (exact) mass is 355 g/mol. The first-order valence-corrected chi connectivity index (χ1v) is 8.45. The Labute approximate surface area is 131 Å². The van der Waals surface area contributed by atoms with Gasteiger partial charge in [-0.15, -0.1) is 11.3 Å². The van der Waals surface area contributed by atoms with E-state index in [-0.39, 0.29) is 0 Å². The molecule has 0 amide bonds. The van der Waals surface area contributed by atoms with Gasteiger partial charge in [-0.3, -0.25) is 0 Å². The van der Waals surface area contributed by atoms with Crippen molar-refractivity contribution in [1.82, 2.24) is 5.32 Å². The van der Waals surface area contributed by atoms with Crippen LogP contribution in [-0.2, 0) is 19.4 Å². The zero-order valence-electron chi connectivity index (χ0n) is 10.5. The molecule has 0 radical (unpaired) electrons. The minimum atomic E-state index is 0.578. The lowest BCUT2D eigenvalue weighted by Crippen LogP contribution is -2.33. The summed E-state index contributed by atoms with van der Waals surface area (Å²) < 4.78 is 1.84. The Morgan fingerprint density at radius 2 is 2.11 bits per heavy atom. The summed E-state index contributed by atoms with van der Waals surface area (Å²) in [4.78, 5) is 1.29. The van der Waals surface area contributed by atoms with Gasteiger partial charge in [0.2, 0.25) is 0 Å². The quantitative estimate of drug-likeness (QED) is 0.832. The average Bonchev–Trinajstić information content (AvgIpc) is 2.75. The van der Waals surface area contributed by atoms with Crippen molar-refractivity contribution in [3.8, 4) is 0 Å². The number of hydrogen-bond acceptors (Lipinski definition) is 2. The summed E-state index contributed by atoms with van der Waals surface area (Å²) in [6, 6.07) is 11.5. The van der Waals surface area contributed by atoms with Crippen LogP contribution in [0.2, 0.25) is 4.34 Å². The van der Waals surface area contributed by atoms with Gasteiger partial charge in [0.05, 0.1) is 0 Å². The maximum Gasteiger partial charge on any atom is 0.107 e. The van der Waals surface area contributed by atoms with Gasteiger partial charge < -0.3 is 5.32 Å². The third kappa shape index (κ3) is 3.22. The van der Waals surface area contributed by atoms with Crippen LogP contribution in [0.25, 0.3) is 0 Å². The standard InChI is InChI=1S/C15H15BrClNS/c16-14-8-13(19-15(14)17)9-18-12-6-5-10-3-1-2-4-11(10)7-12/h1-4,8,12,18H,5-7,9H2. The third-order valence-electron chi connectivity index (χ3n) is 3.61. The van der Waals surface area contributed by atoms with Crippen molar-refractivity contribution in [2.45, 2.75) is 31.8 Å². The normalized spacial score (nSPS) is 18.3. The fraction of sp³-hybridized carbons (Fsp3) is 0.333. The highest BCUT2D eigenvalue weighted by Crippen LogP contribution is 2.32. The van der Waals surface area contributed by atoms with E-state index in [9.17, 15) is 0 Å². The van der Waals surface area contributed by atoms with Crippen LogP contribution in [0.3, 0.4) is 0 Å². The molecule has 0 spiro atoms. The second-order valence-electron chi connectivity index (χ2n) is 4.92. The maximum absolute atomic E-state index is 6.06. The number of aryl methyl sites for hydroxylation is 1. The Kier molecular flexibility index (Phi) is 4.27. The molecule has 1 heterocycles. The van der Waals surface area contributed by atoms with Crippen molar-refractivity contribution in [1.29, 1.82) is 0 Å². The van der Waals surface area contributed by atoms with Gasteiger partial charge in [-0.05, 0) is 52.4 Å². The van der Waals surface area contributed by atoms with E-state index in [0.29, 0.717) is 6.04 Å². The van der Waals surface area contributed by atoms with Gasteiger partial charge in [-0.25, -0.2) is 0 Å². The summed E-state index contributed by atoms with van der Waals surface area (Å²) in [7, 11) is 0. The van der Waals surface area contributed by atoms with Crippen LogP contribution in [-0.4, -0.2) is 6.04 Å². The van der Waals surface area contributed by atoms with E-state index in [0.717, 1.165) is 21.8 Å². The molecule has 4 heteroatoms. The lowest BCUT2D eigenvalue weighted by atomic mass is 9.88. The maximum atomic E-state index is 6.06. The Bertz CT molecular complexity index is 562. The van der Waals surface area contributed by atoms with Crippen molar-refractivity contribution in [2.24, 2.45) is 0 Å². The Hall–Kier alpha value is -0.350. The summed E-state index contributed by atoms with van der Waals surface area (Å²) >= 11 is 11.2. The largest absolute Gasteiger partial charge is 0.309 e. The average molecular weight is 357 g/mol. The highest BCUT2D eigenvalue weighted by atomic mass is 79.9. The molecule has 1 nitrogen and oxygen atoms in total. The van der Waals surface area contributed by atoms with E-state index in [1.807, 2.05) is 0 Å². The summed E-state index contributed by atoms with van der Waals surface area (Å²) in [5, 5.41) is 3.65. The van der Waals surface area contributed by atoms with Crippen molar-refractivity contribution in [3.63, 3.8) is 0 Å². The number of benzene rings is 1. The van der Waals surface area contributed by atoms with Gasteiger partial charge >= 0.3 is 0 Å². The van der Waals surface area contributed by atoms with E-state index < -0.39 is 0 Å². The SMILES string of the molecule is Clc1sc(CNC2CCc3ccccc3C2)cc1Br. The molecule has 100 valence electrons. The molecule has 1 aromatic heterocycles. The van der Waals surface area contributed by atoms with Crippen LogP contribution < -0.4 is 5.32 Å². The highest BCUT2D eigenvalue weighted by Gasteiger charge is 2.17. The summed E-state index contributed by atoms with van der Waals surface area (Å²) in [5.41, 5.74) is 3.01. The molecule has 0 bridgehead atoms.